The molecule has 0 aromatic carbocycles. The SMILES string of the molecule is Cc1csc(=NC(C)C)n1/N=C\c1ccco1. The lowest BCUT2D eigenvalue weighted by Gasteiger charge is -1.98. The van der Waals surface area contributed by atoms with Crippen LogP contribution in [0.5, 0.6) is 0 Å². The van der Waals surface area contributed by atoms with Gasteiger partial charge < -0.3 is 4.42 Å². The zero-order chi connectivity index (χ0) is 12.3. The summed E-state index contributed by atoms with van der Waals surface area (Å²) in [4.78, 5) is 5.42. The third-order valence-electron chi connectivity index (χ3n) is 2.06. The molecule has 17 heavy (non-hydrogen) atoms. The third-order valence-corrected chi connectivity index (χ3v) is 3.01. The number of rotatable bonds is 3. The first-order valence-corrected chi connectivity index (χ1v) is 6.33. The Morgan fingerprint density at radius 3 is 2.94 bits per heavy atom. The minimum atomic E-state index is 0.262. The van der Waals surface area contributed by atoms with Gasteiger partial charge in [-0.15, -0.1) is 11.3 Å². The van der Waals surface area contributed by atoms with E-state index in [4.69, 9.17) is 4.42 Å². The zero-order valence-corrected chi connectivity index (χ0v) is 10.9. The van der Waals surface area contributed by atoms with Crippen LogP contribution in [0.2, 0.25) is 0 Å². The van der Waals surface area contributed by atoms with Crippen LogP contribution in [0, 0.1) is 6.92 Å². The molecule has 2 heterocycles. The molecule has 0 saturated heterocycles. The number of thiazole rings is 1. The first-order chi connectivity index (χ1) is 8.16. The van der Waals surface area contributed by atoms with Crippen molar-refractivity contribution in [2.45, 2.75) is 26.8 Å². The van der Waals surface area contributed by atoms with Crippen molar-refractivity contribution in [3.63, 3.8) is 0 Å². The second kappa shape index (κ2) is 5.14. The molecular weight excluding hydrogens is 234 g/mol. The third kappa shape index (κ3) is 2.94. The predicted molar refractivity (Wildman–Crippen MR) is 69.4 cm³/mol. The van der Waals surface area contributed by atoms with E-state index in [1.165, 1.54) is 0 Å². The van der Waals surface area contributed by atoms with Crippen molar-refractivity contribution >= 4 is 17.6 Å². The number of hydrogen-bond acceptors (Lipinski definition) is 4. The molecule has 0 unspecified atom stereocenters. The molecule has 0 amide bonds. The highest BCUT2D eigenvalue weighted by atomic mass is 32.1. The molecule has 0 aliphatic carbocycles. The van der Waals surface area contributed by atoms with Crippen molar-refractivity contribution < 1.29 is 4.42 Å². The second-order valence-corrected chi connectivity index (χ2v) is 4.79. The van der Waals surface area contributed by atoms with Crippen molar-refractivity contribution in [2.75, 3.05) is 0 Å². The minimum Gasteiger partial charge on any atom is -0.463 e. The van der Waals surface area contributed by atoms with E-state index in [0.29, 0.717) is 0 Å². The fourth-order valence-corrected chi connectivity index (χ4v) is 2.25. The van der Waals surface area contributed by atoms with E-state index in [0.717, 1.165) is 16.3 Å². The van der Waals surface area contributed by atoms with E-state index in [2.05, 4.69) is 23.9 Å². The molecule has 0 N–H and O–H groups in total. The van der Waals surface area contributed by atoms with Crippen LogP contribution in [-0.4, -0.2) is 16.9 Å². The van der Waals surface area contributed by atoms with Gasteiger partial charge in [0, 0.05) is 11.4 Å². The van der Waals surface area contributed by atoms with Gasteiger partial charge >= 0.3 is 0 Å². The molecule has 2 aromatic heterocycles. The largest absolute Gasteiger partial charge is 0.463 e. The van der Waals surface area contributed by atoms with Crippen LogP contribution in [0.1, 0.15) is 25.3 Å². The molecule has 0 spiro atoms. The van der Waals surface area contributed by atoms with Crippen LogP contribution in [0.15, 0.2) is 38.3 Å². The average Bonchev–Trinajstić information content (AvgIpc) is 2.87. The summed E-state index contributed by atoms with van der Waals surface area (Å²) >= 11 is 1.59. The van der Waals surface area contributed by atoms with E-state index in [1.807, 2.05) is 29.1 Å². The quantitative estimate of drug-likeness (QED) is 0.771. The highest BCUT2D eigenvalue weighted by molar-refractivity contribution is 7.07. The molecule has 90 valence electrons. The minimum absolute atomic E-state index is 0.262. The average molecular weight is 249 g/mol. The number of aryl methyl sites for hydroxylation is 1. The molecule has 0 saturated carbocycles. The van der Waals surface area contributed by atoms with Crippen LogP contribution >= 0.6 is 11.3 Å². The summed E-state index contributed by atoms with van der Waals surface area (Å²) in [5.74, 6) is 0.735. The summed E-state index contributed by atoms with van der Waals surface area (Å²) in [7, 11) is 0. The second-order valence-electron chi connectivity index (χ2n) is 3.95. The number of furan rings is 1. The fourth-order valence-electron chi connectivity index (χ4n) is 1.31. The molecule has 0 aliphatic rings. The molecule has 5 heteroatoms. The van der Waals surface area contributed by atoms with E-state index >= 15 is 0 Å². The van der Waals surface area contributed by atoms with Gasteiger partial charge in [0.15, 0.2) is 0 Å². The van der Waals surface area contributed by atoms with Crippen molar-refractivity contribution in [3.8, 4) is 0 Å². The first kappa shape index (κ1) is 11.9. The van der Waals surface area contributed by atoms with Gasteiger partial charge in [-0.05, 0) is 32.9 Å². The van der Waals surface area contributed by atoms with Gasteiger partial charge in [0.25, 0.3) is 0 Å². The van der Waals surface area contributed by atoms with Crippen LogP contribution in [0.4, 0.5) is 0 Å². The monoisotopic (exact) mass is 249 g/mol. The molecular formula is C12H15N3OS. The Balaban J connectivity index is 2.35. The Kier molecular flexibility index (Phi) is 3.58. The molecule has 0 atom stereocenters. The van der Waals surface area contributed by atoms with Gasteiger partial charge in [-0.25, -0.2) is 4.68 Å². The Labute approximate surface area is 104 Å². The Morgan fingerprint density at radius 2 is 2.29 bits per heavy atom. The lowest BCUT2D eigenvalue weighted by Crippen LogP contribution is -2.14. The molecule has 2 aromatic rings. The molecule has 2 rings (SSSR count). The summed E-state index contributed by atoms with van der Waals surface area (Å²) in [5.41, 5.74) is 1.07. The van der Waals surface area contributed by atoms with Gasteiger partial charge in [-0.1, -0.05) is 0 Å². The van der Waals surface area contributed by atoms with Crippen LogP contribution < -0.4 is 4.80 Å². The summed E-state index contributed by atoms with van der Waals surface area (Å²) in [6.45, 7) is 6.11. The zero-order valence-electron chi connectivity index (χ0n) is 10.1. The predicted octanol–water partition coefficient (Wildman–Crippen LogP) is 2.64. The van der Waals surface area contributed by atoms with Gasteiger partial charge in [0.1, 0.15) is 5.76 Å². The molecule has 0 aliphatic heterocycles. The Bertz CT molecular complexity index is 561. The maximum Gasteiger partial charge on any atom is 0.206 e. The van der Waals surface area contributed by atoms with E-state index in [9.17, 15) is 0 Å². The van der Waals surface area contributed by atoms with Crippen molar-refractivity contribution in [3.05, 3.63) is 40.0 Å². The van der Waals surface area contributed by atoms with E-state index < -0.39 is 0 Å². The maximum absolute atomic E-state index is 5.20. The summed E-state index contributed by atoms with van der Waals surface area (Å²) in [6, 6.07) is 3.97. The van der Waals surface area contributed by atoms with E-state index in [-0.39, 0.29) is 6.04 Å². The van der Waals surface area contributed by atoms with Crippen LogP contribution in [0.3, 0.4) is 0 Å². The smallest absolute Gasteiger partial charge is 0.206 e. The van der Waals surface area contributed by atoms with Gasteiger partial charge in [0.05, 0.1) is 18.2 Å². The first-order valence-electron chi connectivity index (χ1n) is 5.45. The van der Waals surface area contributed by atoms with Gasteiger partial charge in [-0.2, -0.15) is 5.10 Å². The number of nitrogens with zero attached hydrogens (tertiary/aromatic N) is 3. The Hall–Kier alpha value is -1.62. The number of hydrogen-bond donors (Lipinski definition) is 0. The molecule has 0 radical (unpaired) electrons. The molecule has 0 fully saturated rings. The lowest BCUT2D eigenvalue weighted by atomic mass is 10.4. The maximum atomic E-state index is 5.20. The standard InChI is InChI=1S/C12H15N3OS/c1-9(2)14-12-15(10(3)8-17-12)13-7-11-5-4-6-16-11/h4-9H,1-3H3/b13-7-,14-12?. The highest BCUT2D eigenvalue weighted by Gasteiger charge is 2.00. The fraction of sp³-hybridized carbons (Fsp3) is 0.333. The van der Waals surface area contributed by atoms with Gasteiger partial charge in [0.2, 0.25) is 4.80 Å². The summed E-state index contributed by atoms with van der Waals surface area (Å²) in [5, 5.41) is 6.42. The Morgan fingerprint density at radius 1 is 1.47 bits per heavy atom. The van der Waals surface area contributed by atoms with Crippen molar-refractivity contribution in [1.82, 2.24) is 4.68 Å². The number of aromatic nitrogens is 1. The lowest BCUT2D eigenvalue weighted by molar-refractivity contribution is 0.559. The van der Waals surface area contributed by atoms with E-state index in [1.54, 1.807) is 23.8 Å². The molecule has 0 bridgehead atoms. The van der Waals surface area contributed by atoms with Gasteiger partial charge in [-0.3, -0.25) is 4.99 Å². The van der Waals surface area contributed by atoms with Crippen molar-refractivity contribution in [2.24, 2.45) is 10.1 Å². The summed E-state index contributed by atoms with van der Waals surface area (Å²) in [6.07, 6.45) is 3.32. The topological polar surface area (TPSA) is 42.8 Å². The van der Waals surface area contributed by atoms with Crippen LogP contribution in [-0.2, 0) is 0 Å². The molecule has 4 nitrogen and oxygen atoms in total. The summed E-state index contributed by atoms with van der Waals surface area (Å²) < 4.78 is 7.03. The highest BCUT2D eigenvalue weighted by Crippen LogP contribution is 2.01. The van der Waals surface area contributed by atoms with Crippen LogP contribution in [0.25, 0.3) is 0 Å². The van der Waals surface area contributed by atoms with Crippen molar-refractivity contribution in [1.29, 1.82) is 0 Å². The normalized spacial score (nSPS) is 13.1.